The number of hydrogen-bond acceptors (Lipinski definition) is 8. The maximum atomic E-state index is 13.9. The molecule has 2 fully saturated rings. The number of Topliss-reactive ketones (excluding diaryl/α,β-unsaturated/α-hetero) is 1. The second-order valence-electron chi connectivity index (χ2n) is 12.0. The maximum Gasteiger partial charge on any atom is 0.451 e. The van der Waals surface area contributed by atoms with Crippen molar-refractivity contribution in [2.75, 3.05) is 42.5 Å². The van der Waals surface area contributed by atoms with Crippen molar-refractivity contribution in [2.24, 2.45) is 5.92 Å². The molecule has 1 aromatic carbocycles. The Balaban J connectivity index is 1.32. The van der Waals surface area contributed by atoms with Crippen LogP contribution in [0.3, 0.4) is 0 Å². The molecule has 0 saturated carbocycles. The van der Waals surface area contributed by atoms with Crippen molar-refractivity contribution in [2.45, 2.75) is 83.4 Å². The number of aryl methyl sites for hydroxylation is 1. The summed E-state index contributed by atoms with van der Waals surface area (Å²) in [4.78, 5) is 47.5. The van der Waals surface area contributed by atoms with Gasteiger partial charge in [-0.1, -0.05) is 12.1 Å². The molecule has 2 N–H and O–H groups in total. The lowest BCUT2D eigenvalue weighted by atomic mass is 9.91. The van der Waals surface area contributed by atoms with Gasteiger partial charge in [0.05, 0.1) is 17.7 Å². The van der Waals surface area contributed by atoms with E-state index >= 15 is 0 Å². The summed E-state index contributed by atoms with van der Waals surface area (Å²) in [5.74, 6) is -0.724. The van der Waals surface area contributed by atoms with Crippen LogP contribution in [0.5, 0.6) is 0 Å². The molecule has 0 radical (unpaired) electrons. The number of carbonyl (C=O) groups is 3. The number of hydrogen-bond donors (Lipinski definition) is 2. The molecule has 0 bridgehead atoms. The van der Waals surface area contributed by atoms with Gasteiger partial charge in [0.25, 0.3) is 0 Å². The largest absolute Gasteiger partial charge is 0.451 e. The topological polar surface area (TPSA) is 131 Å². The monoisotopic (exact) mass is 641 g/mol. The first-order valence-electron chi connectivity index (χ1n) is 16.0. The Labute approximate surface area is 267 Å². The minimum absolute atomic E-state index is 0.0120. The number of alkyl halides is 3. The van der Waals surface area contributed by atoms with Gasteiger partial charge in [0, 0.05) is 58.6 Å². The molecule has 2 aliphatic heterocycles. The van der Waals surface area contributed by atoms with Crippen LogP contribution in [0.25, 0.3) is 0 Å². The van der Waals surface area contributed by atoms with Gasteiger partial charge < -0.3 is 20.4 Å². The number of rotatable bonds is 14. The van der Waals surface area contributed by atoms with Gasteiger partial charge in [-0.05, 0) is 75.0 Å². The lowest BCUT2D eigenvalue weighted by Gasteiger charge is -2.34. The predicted octanol–water partition coefficient (Wildman–Crippen LogP) is 4.57. The van der Waals surface area contributed by atoms with Gasteiger partial charge in [-0.2, -0.15) is 18.4 Å². The zero-order valence-electron chi connectivity index (χ0n) is 26.2. The quantitative estimate of drug-likeness (QED) is 0.287. The molecule has 4 rings (SSSR count). The molecule has 2 aliphatic rings. The molecule has 1 atom stereocenters. The van der Waals surface area contributed by atoms with Crippen molar-refractivity contribution >= 4 is 29.2 Å². The third-order valence-corrected chi connectivity index (χ3v) is 8.62. The number of piperidine rings is 1. The van der Waals surface area contributed by atoms with Crippen molar-refractivity contribution in [3.05, 3.63) is 47.3 Å². The number of halogens is 3. The number of anilines is 2. The summed E-state index contributed by atoms with van der Waals surface area (Å²) in [6.07, 6.45) is 1.59. The summed E-state index contributed by atoms with van der Waals surface area (Å²) in [7, 11) is 0. The molecule has 0 unspecified atom stereocenters. The molecule has 3 heterocycles. The Bertz CT molecular complexity index is 1390. The molecule has 13 heteroatoms. The highest BCUT2D eigenvalue weighted by molar-refractivity contribution is 5.87. The molecular weight excluding hydrogens is 599 g/mol. The van der Waals surface area contributed by atoms with Crippen molar-refractivity contribution < 1.29 is 27.6 Å². The summed E-state index contributed by atoms with van der Waals surface area (Å²) in [5, 5.41) is 14.4. The maximum absolute atomic E-state index is 13.9. The second-order valence-corrected chi connectivity index (χ2v) is 12.0. The van der Waals surface area contributed by atoms with E-state index in [0.717, 1.165) is 24.8 Å². The van der Waals surface area contributed by atoms with E-state index in [4.69, 9.17) is 5.26 Å². The number of nitriles is 1. The highest BCUT2D eigenvalue weighted by atomic mass is 19.4. The number of benzene rings is 1. The van der Waals surface area contributed by atoms with E-state index in [1.165, 1.54) is 6.92 Å². The Morgan fingerprint density at radius 1 is 0.957 bits per heavy atom. The Hall–Kier alpha value is -4.21. The lowest BCUT2D eigenvalue weighted by molar-refractivity contribution is -0.144. The molecule has 2 aromatic rings. The number of nitrogens with zero attached hydrogens (tertiary/aromatic N) is 5. The van der Waals surface area contributed by atoms with E-state index in [1.54, 1.807) is 23.1 Å². The predicted molar refractivity (Wildman–Crippen MR) is 167 cm³/mol. The van der Waals surface area contributed by atoms with E-state index in [9.17, 15) is 27.6 Å². The Morgan fingerprint density at radius 2 is 1.65 bits per heavy atom. The SMILES string of the molecule is CC(=O)NCCNC(=O)CCCC1CCN(c2cc(N3CCC[C@H]3C(=O)CCCc3ccc(C#N)cc3)nc(C(F)(F)F)n2)CC1. The second kappa shape index (κ2) is 16.4. The van der Waals surface area contributed by atoms with Crippen LogP contribution in [-0.2, 0) is 27.0 Å². The summed E-state index contributed by atoms with van der Waals surface area (Å²) >= 11 is 0. The highest BCUT2D eigenvalue weighted by Crippen LogP contribution is 2.34. The first-order valence-corrected chi connectivity index (χ1v) is 16.0. The fourth-order valence-corrected chi connectivity index (χ4v) is 6.14. The minimum atomic E-state index is -4.73. The van der Waals surface area contributed by atoms with Gasteiger partial charge in [0.15, 0.2) is 5.78 Å². The number of nitrogens with one attached hydrogen (secondary N) is 2. The van der Waals surface area contributed by atoms with Crippen LogP contribution in [0, 0.1) is 17.2 Å². The van der Waals surface area contributed by atoms with Gasteiger partial charge in [-0.25, -0.2) is 9.97 Å². The Morgan fingerprint density at radius 3 is 2.33 bits per heavy atom. The standard InChI is InChI=1S/C33H42F3N7O3/c1-23(44)38-16-17-39-31(46)9-3-6-25-14-19-42(20-15-25)29-21-30(41-32(40-29)33(34,35)36)43-18-4-7-27(43)28(45)8-2-5-24-10-12-26(22-37)13-11-24/h10-13,21,25,27H,2-9,14-20H2,1H3,(H,38,44)(H,39,46)/t27-/m0/s1. The van der Waals surface area contributed by atoms with Gasteiger partial charge in [-0.3, -0.25) is 14.4 Å². The summed E-state index contributed by atoms with van der Waals surface area (Å²) in [5.41, 5.74) is 1.59. The molecule has 0 spiro atoms. The Kier molecular flexibility index (Phi) is 12.3. The number of amides is 2. The molecule has 46 heavy (non-hydrogen) atoms. The average molecular weight is 642 g/mol. The van der Waals surface area contributed by atoms with Crippen LogP contribution >= 0.6 is 0 Å². The summed E-state index contributed by atoms with van der Waals surface area (Å²) in [6.45, 7) is 3.71. The summed E-state index contributed by atoms with van der Waals surface area (Å²) in [6, 6.07) is 10.4. The van der Waals surface area contributed by atoms with Gasteiger partial charge >= 0.3 is 6.18 Å². The van der Waals surface area contributed by atoms with Crippen molar-refractivity contribution in [1.29, 1.82) is 5.26 Å². The zero-order chi connectivity index (χ0) is 33.1. The molecule has 10 nitrogen and oxygen atoms in total. The average Bonchev–Trinajstić information content (AvgIpc) is 3.54. The van der Waals surface area contributed by atoms with Crippen LogP contribution in [0.2, 0.25) is 0 Å². The van der Waals surface area contributed by atoms with E-state index in [0.29, 0.717) is 89.2 Å². The van der Waals surface area contributed by atoms with Crippen LogP contribution in [0.4, 0.5) is 24.8 Å². The molecule has 2 amide bonds. The van der Waals surface area contributed by atoms with Gasteiger partial charge in [0.1, 0.15) is 11.6 Å². The highest BCUT2D eigenvalue weighted by Gasteiger charge is 2.38. The third-order valence-electron chi connectivity index (χ3n) is 8.62. The molecule has 0 aliphatic carbocycles. The van der Waals surface area contributed by atoms with Crippen molar-refractivity contribution in [3.63, 3.8) is 0 Å². The van der Waals surface area contributed by atoms with E-state index < -0.39 is 18.0 Å². The van der Waals surface area contributed by atoms with Crippen molar-refractivity contribution in [3.8, 4) is 6.07 Å². The third kappa shape index (κ3) is 10.2. The number of ketones is 1. The number of aromatic nitrogens is 2. The summed E-state index contributed by atoms with van der Waals surface area (Å²) < 4.78 is 41.8. The molecule has 1 aromatic heterocycles. The smallest absolute Gasteiger partial charge is 0.356 e. The lowest BCUT2D eigenvalue weighted by Crippen LogP contribution is -2.38. The number of carbonyl (C=O) groups excluding carboxylic acids is 3. The van der Waals surface area contributed by atoms with E-state index in [-0.39, 0.29) is 29.2 Å². The van der Waals surface area contributed by atoms with Crippen molar-refractivity contribution in [1.82, 2.24) is 20.6 Å². The van der Waals surface area contributed by atoms with Crippen LogP contribution in [0.1, 0.15) is 81.7 Å². The molecule has 2 saturated heterocycles. The fourth-order valence-electron chi connectivity index (χ4n) is 6.14. The van der Waals surface area contributed by atoms with Crippen LogP contribution in [0.15, 0.2) is 30.3 Å². The first-order chi connectivity index (χ1) is 22.0. The van der Waals surface area contributed by atoms with Crippen LogP contribution < -0.4 is 20.4 Å². The van der Waals surface area contributed by atoms with Gasteiger partial charge in [0.2, 0.25) is 17.6 Å². The van der Waals surface area contributed by atoms with E-state index in [1.807, 2.05) is 17.0 Å². The normalized spacial score (nSPS) is 17.1. The molecular formula is C33H42F3N7O3. The molecule has 248 valence electrons. The first kappa shape index (κ1) is 34.7. The van der Waals surface area contributed by atoms with E-state index in [2.05, 4.69) is 26.7 Å². The fraction of sp³-hybridized carbons (Fsp3) is 0.576. The van der Waals surface area contributed by atoms with Crippen LogP contribution in [-0.4, -0.2) is 66.3 Å². The minimum Gasteiger partial charge on any atom is -0.356 e. The zero-order valence-corrected chi connectivity index (χ0v) is 26.2. The van der Waals surface area contributed by atoms with Gasteiger partial charge in [-0.15, -0.1) is 0 Å².